The summed E-state index contributed by atoms with van der Waals surface area (Å²) in [5, 5.41) is 14.2. The van der Waals surface area contributed by atoms with Gasteiger partial charge in [-0.25, -0.2) is 9.78 Å². The molecule has 0 aliphatic heterocycles. The van der Waals surface area contributed by atoms with Gasteiger partial charge in [-0.2, -0.15) is 4.68 Å². The summed E-state index contributed by atoms with van der Waals surface area (Å²) >= 11 is 5.93. The molecule has 11 heteroatoms. The summed E-state index contributed by atoms with van der Waals surface area (Å²) in [5.41, 5.74) is 0.934. The van der Waals surface area contributed by atoms with Gasteiger partial charge < -0.3 is 14.5 Å². The lowest BCUT2D eigenvalue weighted by Crippen LogP contribution is -2.23. The number of tetrazole rings is 1. The van der Waals surface area contributed by atoms with Crippen LogP contribution in [0, 0.1) is 0 Å². The third-order valence-electron chi connectivity index (χ3n) is 4.13. The molecule has 0 radical (unpaired) electrons. The molecule has 3 heterocycles. The first-order valence-corrected chi connectivity index (χ1v) is 9.66. The Kier molecular flexibility index (Phi) is 6.33. The van der Waals surface area contributed by atoms with Crippen molar-refractivity contribution in [3.05, 3.63) is 78.0 Å². The van der Waals surface area contributed by atoms with E-state index in [-0.39, 0.29) is 10.9 Å². The number of hydrogen-bond acceptors (Lipinski definition) is 8. The van der Waals surface area contributed by atoms with Crippen LogP contribution in [0.5, 0.6) is 0 Å². The highest BCUT2D eigenvalue weighted by molar-refractivity contribution is 6.32. The van der Waals surface area contributed by atoms with Gasteiger partial charge in [0.15, 0.2) is 23.3 Å². The number of hydrogen-bond donors (Lipinski definition) is 1. The minimum absolute atomic E-state index is 0.0454. The normalized spacial score (nSPS) is 11.2. The maximum atomic E-state index is 12.9. The number of anilines is 1. The summed E-state index contributed by atoms with van der Waals surface area (Å²) in [6, 6.07) is 15.6. The molecule has 0 aliphatic rings. The number of nitrogens with zero attached hydrogens (tertiary/aromatic N) is 5. The molecule has 0 atom stereocenters. The van der Waals surface area contributed by atoms with E-state index < -0.39 is 18.5 Å². The molecule has 0 fully saturated rings. The highest BCUT2D eigenvalue weighted by Crippen LogP contribution is 2.21. The van der Waals surface area contributed by atoms with E-state index in [1.54, 1.807) is 36.4 Å². The lowest BCUT2D eigenvalue weighted by Gasteiger charge is -2.10. The number of furan rings is 1. The van der Waals surface area contributed by atoms with Crippen LogP contribution in [0.25, 0.3) is 23.2 Å². The van der Waals surface area contributed by atoms with E-state index in [0.29, 0.717) is 22.8 Å². The fourth-order valence-corrected chi connectivity index (χ4v) is 2.87. The summed E-state index contributed by atoms with van der Waals surface area (Å²) in [7, 11) is 0. The van der Waals surface area contributed by atoms with Crippen LogP contribution in [0.4, 0.5) is 5.69 Å². The number of amides is 1. The number of benzene rings is 1. The molecule has 0 aliphatic carbocycles. The van der Waals surface area contributed by atoms with Gasteiger partial charge in [0.25, 0.3) is 5.91 Å². The van der Waals surface area contributed by atoms with Crippen molar-refractivity contribution >= 4 is 40.9 Å². The lowest BCUT2D eigenvalue weighted by molar-refractivity contribution is -0.141. The Morgan fingerprint density at radius 2 is 1.97 bits per heavy atom. The van der Waals surface area contributed by atoms with Crippen LogP contribution in [-0.4, -0.2) is 43.7 Å². The van der Waals surface area contributed by atoms with E-state index in [1.165, 1.54) is 23.2 Å². The Balaban J connectivity index is 1.56. The van der Waals surface area contributed by atoms with E-state index in [1.807, 2.05) is 18.2 Å². The molecule has 0 saturated carbocycles. The van der Waals surface area contributed by atoms with Gasteiger partial charge in [0.2, 0.25) is 0 Å². The van der Waals surface area contributed by atoms with Crippen molar-refractivity contribution in [1.29, 1.82) is 0 Å². The first-order valence-electron chi connectivity index (χ1n) is 9.28. The van der Waals surface area contributed by atoms with Crippen LogP contribution < -0.4 is 5.32 Å². The predicted octanol–water partition coefficient (Wildman–Crippen LogP) is 3.16. The number of ether oxygens (including phenoxy) is 1. The topological polar surface area (TPSA) is 125 Å². The Bertz CT molecular complexity index is 1250. The smallest absolute Gasteiger partial charge is 0.357 e. The minimum atomic E-state index is -0.835. The van der Waals surface area contributed by atoms with E-state index in [2.05, 4.69) is 25.8 Å². The lowest BCUT2D eigenvalue weighted by atomic mass is 10.2. The first kappa shape index (κ1) is 20.9. The molecule has 1 N–H and O–H groups in total. The summed E-state index contributed by atoms with van der Waals surface area (Å²) in [6.07, 6.45) is 4.36. The molecule has 3 aromatic heterocycles. The van der Waals surface area contributed by atoms with Crippen molar-refractivity contribution in [2.45, 2.75) is 0 Å². The van der Waals surface area contributed by atoms with E-state index >= 15 is 0 Å². The molecule has 32 heavy (non-hydrogen) atoms. The highest BCUT2D eigenvalue weighted by atomic mass is 35.5. The number of rotatable bonds is 7. The van der Waals surface area contributed by atoms with Crippen molar-refractivity contribution in [2.75, 3.05) is 11.9 Å². The Labute approximate surface area is 186 Å². The van der Waals surface area contributed by atoms with Crippen molar-refractivity contribution in [2.24, 2.45) is 0 Å². The zero-order valence-corrected chi connectivity index (χ0v) is 17.1. The van der Waals surface area contributed by atoms with Crippen LogP contribution in [0.15, 0.2) is 71.5 Å². The molecule has 1 amide bonds. The van der Waals surface area contributed by atoms with Crippen LogP contribution in [-0.2, 0) is 14.3 Å². The van der Waals surface area contributed by atoms with E-state index in [9.17, 15) is 9.59 Å². The fraction of sp³-hybridized carbons (Fsp3) is 0.0476. The maximum Gasteiger partial charge on any atom is 0.357 e. The van der Waals surface area contributed by atoms with Gasteiger partial charge in [-0.3, -0.25) is 4.79 Å². The van der Waals surface area contributed by atoms with Crippen molar-refractivity contribution < 1.29 is 18.7 Å². The van der Waals surface area contributed by atoms with Gasteiger partial charge in [0, 0.05) is 17.8 Å². The maximum absolute atomic E-state index is 12.9. The van der Waals surface area contributed by atoms with Gasteiger partial charge >= 0.3 is 5.97 Å². The van der Waals surface area contributed by atoms with Gasteiger partial charge in [-0.15, -0.1) is 5.10 Å². The third-order valence-corrected chi connectivity index (χ3v) is 4.43. The second-order valence-corrected chi connectivity index (χ2v) is 6.65. The Morgan fingerprint density at radius 1 is 1.12 bits per heavy atom. The Hall–Kier alpha value is -4.31. The largest absolute Gasteiger partial charge is 0.465 e. The quantitative estimate of drug-likeness (QED) is 0.258. The van der Waals surface area contributed by atoms with Gasteiger partial charge in [-0.1, -0.05) is 41.9 Å². The van der Waals surface area contributed by atoms with Crippen LogP contribution in [0.2, 0.25) is 5.15 Å². The second kappa shape index (κ2) is 9.67. The van der Waals surface area contributed by atoms with Crippen LogP contribution in [0.3, 0.4) is 0 Å². The molecule has 0 unspecified atom stereocenters. The summed E-state index contributed by atoms with van der Waals surface area (Å²) in [6.45, 7) is -0.567. The average molecular weight is 451 g/mol. The predicted molar refractivity (Wildman–Crippen MR) is 115 cm³/mol. The molecule has 0 saturated heterocycles. The number of nitrogens with one attached hydrogen (secondary N) is 1. The number of halogens is 1. The molecule has 160 valence electrons. The van der Waals surface area contributed by atoms with Gasteiger partial charge in [0.1, 0.15) is 5.76 Å². The summed E-state index contributed by atoms with van der Waals surface area (Å²) in [4.78, 5) is 29.0. The summed E-state index contributed by atoms with van der Waals surface area (Å²) in [5.74, 6) is -0.742. The monoisotopic (exact) mass is 450 g/mol. The molecular weight excluding hydrogens is 436 g/mol. The Morgan fingerprint density at radius 3 is 2.72 bits per heavy atom. The zero-order valence-electron chi connectivity index (χ0n) is 16.4. The standard InChI is InChI=1S/C21H15ClN6O4/c22-19-16(9-4-10-23-19)24-18(29)13-32-21(30)17(12-15-8-5-11-31-15)28-20(25-26-27-28)14-6-2-1-3-7-14/h1-12H,13H2,(H,24,29)/b17-12+. The number of carbonyl (C=O) groups is 2. The van der Waals surface area contributed by atoms with Crippen molar-refractivity contribution in [1.82, 2.24) is 25.2 Å². The van der Waals surface area contributed by atoms with Crippen LogP contribution in [0.1, 0.15) is 5.76 Å². The SMILES string of the molecule is O=C(COC(=O)/C(=C\c1ccco1)n1nnnc1-c1ccccc1)Nc1cccnc1Cl. The molecule has 0 spiro atoms. The number of carbonyl (C=O) groups excluding carboxylic acids is 2. The average Bonchev–Trinajstić information content (AvgIpc) is 3.50. The van der Waals surface area contributed by atoms with E-state index in [4.69, 9.17) is 20.8 Å². The minimum Gasteiger partial charge on any atom is -0.465 e. The van der Waals surface area contributed by atoms with Crippen LogP contribution >= 0.6 is 11.6 Å². The highest BCUT2D eigenvalue weighted by Gasteiger charge is 2.22. The van der Waals surface area contributed by atoms with Gasteiger partial charge in [-0.05, 0) is 34.7 Å². The van der Waals surface area contributed by atoms with E-state index in [0.717, 1.165) is 0 Å². The molecule has 4 aromatic rings. The zero-order chi connectivity index (χ0) is 22.3. The second-order valence-electron chi connectivity index (χ2n) is 6.29. The first-order chi connectivity index (χ1) is 15.6. The molecule has 4 rings (SSSR count). The number of esters is 1. The molecule has 0 bridgehead atoms. The fourth-order valence-electron chi connectivity index (χ4n) is 2.70. The van der Waals surface area contributed by atoms with Crippen molar-refractivity contribution in [3.8, 4) is 11.4 Å². The molecule has 1 aromatic carbocycles. The number of pyridine rings is 1. The van der Waals surface area contributed by atoms with Crippen molar-refractivity contribution in [3.63, 3.8) is 0 Å². The van der Waals surface area contributed by atoms with Gasteiger partial charge in [0.05, 0.1) is 12.0 Å². The summed E-state index contributed by atoms with van der Waals surface area (Å²) < 4.78 is 11.7. The molecule has 10 nitrogen and oxygen atoms in total. The molecular formula is C21H15ClN6O4. The third kappa shape index (κ3) is 4.87. The number of aromatic nitrogens is 5.